The molecule has 1 aliphatic heterocycles. The Morgan fingerprint density at radius 2 is 2.04 bits per heavy atom. The third kappa shape index (κ3) is 2.82. The summed E-state index contributed by atoms with van der Waals surface area (Å²) in [5.41, 5.74) is 3.62. The van der Waals surface area contributed by atoms with Gasteiger partial charge in [0.25, 0.3) is 5.56 Å². The van der Waals surface area contributed by atoms with E-state index in [4.69, 9.17) is 0 Å². The van der Waals surface area contributed by atoms with Crippen LogP contribution in [0.2, 0.25) is 0 Å². The average Bonchev–Trinajstić information content (AvgIpc) is 2.64. The van der Waals surface area contributed by atoms with Crippen molar-refractivity contribution in [2.24, 2.45) is 0 Å². The van der Waals surface area contributed by atoms with Crippen LogP contribution in [0.25, 0.3) is 10.9 Å². The predicted molar refractivity (Wildman–Crippen MR) is 97.9 cm³/mol. The fraction of sp³-hybridized carbons (Fsp3) is 0.250. The van der Waals surface area contributed by atoms with Crippen molar-refractivity contribution in [2.75, 3.05) is 11.4 Å². The first-order valence-electron chi connectivity index (χ1n) is 8.47. The molecule has 0 radical (unpaired) electrons. The summed E-state index contributed by atoms with van der Waals surface area (Å²) in [6.07, 6.45) is 3.39. The molecular formula is C20H19N3O2. The second-order valence-electron chi connectivity index (χ2n) is 6.48. The van der Waals surface area contributed by atoms with Crippen LogP contribution in [0.1, 0.15) is 17.5 Å². The number of nitrogens with zero attached hydrogens (tertiary/aromatic N) is 3. The van der Waals surface area contributed by atoms with Gasteiger partial charge in [-0.15, -0.1) is 0 Å². The van der Waals surface area contributed by atoms with Crippen LogP contribution in [0.3, 0.4) is 0 Å². The largest absolute Gasteiger partial charge is 0.311 e. The zero-order chi connectivity index (χ0) is 17.4. The van der Waals surface area contributed by atoms with Gasteiger partial charge in [0.05, 0.1) is 17.2 Å². The molecule has 25 heavy (non-hydrogen) atoms. The number of aromatic nitrogens is 2. The number of para-hydroxylation sites is 1. The van der Waals surface area contributed by atoms with Gasteiger partial charge in [-0.2, -0.15) is 0 Å². The van der Waals surface area contributed by atoms with Crippen LogP contribution in [-0.2, 0) is 17.8 Å². The minimum atomic E-state index is -0.174. The van der Waals surface area contributed by atoms with Crippen molar-refractivity contribution in [1.29, 1.82) is 0 Å². The van der Waals surface area contributed by atoms with Gasteiger partial charge >= 0.3 is 0 Å². The van der Waals surface area contributed by atoms with Crippen molar-refractivity contribution >= 4 is 22.5 Å². The van der Waals surface area contributed by atoms with Crippen molar-refractivity contribution in [1.82, 2.24) is 9.55 Å². The number of rotatable bonds is 2. The zero-order valence-electron chi connectivity index (χ0n) is 14.1. The van der Waals surface area contributed by atoms with Crippen LogP contribution in [0.15, 0.2) is 53.6 Å². The van der Waals surface area contributed by atoms with Crippen molar-refractivity contribution in [2.45, 2.75) is 26.3 Å². The molecule has 0 fully saturated rings. The number of amides is 1. The lowest BCUT2D eigenvalue weighted by molar-refractivity contribution is -0.119. The molecule has 0 bridgehead atoms. The molecule has 0 spiro atoms. The SMILES string of the molecule is Cc1ccc2ncn(CC(=O)N3CCCc4ccccc43)c(=O)c2c1. The summed E-state index contributed by atoms with van der Waals surface area (Å²) in [5.74, 6) is -0.0805. The van der Waals surface area contributed by atoms with Gasteiger partial charge < -0.3 is 4.90 Å². The van der Waals surface area contributed by atoms with E-state index in [0.717, 1.165) is 24.1 Å². The van der Waals surface area contributed by atoms with Gasteiger partial charge in [0, 0.05) is 12.2 Å². The van der Waals surface area contributed by atoms with Gasteiger partial charge in [0.15, 0.2) is 0 Å². The van der Waals surface area contributed by atoms with Gasteiger partial charge in [-0.3, -0.25) is 14.2 Å². The minimum absolute atomic E-state index is 0.00402. The molecule has 126 valence electrons. The molecule has 0 saturated heterocycles. The summed E-state index contributed by atoms with van der Waals surface area (Å²) in [5, 5.41) is 0.550. The highest BCUT2D eigenvalue weighted by Crippen LogP contribution is 2.26. The summed E-state index contributed by atoms with van der Waals surface area (Å²) in [7, 11) is 0. The molecule has 0 unspecified atom stereocenters. The van der Waals surface area contributed by atoms with E-state index in [1.54, 1.807) is 4.90 Å². The van der Waals surface area contributed by atoms with E-state index in [1.807, 2.05) is 43.3 Å². The van der Waals surface area contributed by atoms with Crippen LogP contribution in [0.5, 0.6) is 0 Å². The zero-order valence-corrected chi connectivity index (χ0v) is 14.1. The lowest BCUT2D eigenvalue weighted by Crippen LogP contribution is -2.39. The fourth-order valence-electron chi connectivity index (χ4n) is 3.41. The quantitative estimate of drug-likeness (QED) is 0.724. The molecule has 0 saturated carbocycles. The predicted octanol–water partition coefficient (Wildman–Crippen LogP) is 2.68. The second-order valence-corrected chi connectivity index (χ2v) is 6.48. The van der Waals surface area contributed by atoms with E-state index in [2.05, 4.69) is 11.1 Å². The standard InChI is InChI=1S/C20H19N3O2/c1-14-8-9-17-16(11-14)20(25)22(13-21-17)12-19(24)23-10-4-6-15-5-2-3-7-18(15)23/h2-3,5,7-9,11,13H,4,6,10,12H2,1H3. The number of fused-ring (bicyclic) bond motifs is 2. The Morgan fingerprint density at radius 1 is 1.20 bits per heavy atom. The Hall–Kier alpha value is -2.95. The van der Waals surface area contributed by atoms with Gasteiger partial charge in [-0.1, -0.05) is 29.8 Å². The van der Waals surface area contributed by atoms with E-state index in [0.29, 0.717) is 17.4 Å². The summed E-state index contributed by atoms with van der Waals surface area (Å²) < 4.78 is 1.40. The molecule has 4 rings (SSSR count). The molecular weight excluding hydrogens is 314 g/mol. The van der Waals surface area contributed by atoms with Gasteiger partial charge in [-0.25, -0.2) is 4.98 Å². The number of anilines is 1. The Labute approximate surface area is 145 Å². The first-order chi connectivity index (χ1) is 12.1. The maximum Gasteiger partial charge on any atom is 0.261 e. The normalized spacial score (nSPS) is 13.7. The Morgan fingerprint density at radius 3 is 2.92 bits per heavy atom. The molecule has 1 aliphatic rings. The summed E-state index contributed by atoms with van der Waals surface area (Å²) >= 11 is 0. The molecule has 2 aromatic carbocycles. The maximum absolute atomic E-state index is 12.8. The van der Waals surface area contributed by atoms with E-state index in [9.17, 15) is 9.59 Å². The Kier molecular flexibility index (Phi) is 3.84. The third-order valence-corrected chi connectivity index (χ3v) is 4.70. The molecule has 1 aromatic heterocycles. The molecule has 2 heterocycles. The monoisotopic (exact) mass is 333 g/mol. The van der Waals surface area contributed by atoms with Crippen LogP contribution in [0, 0.1) is 6.92 Å². The number of benzene rings is 2. The highest BCUT2D eigenvalue weighted by Gasteiger charge is 2.22. The number of carbonyl (C=O) groups is 1. The van der Waals surface area contributed by atoms with Crippen LogP contribution >= 0.6 is 0 Å². The lowest BCUT2D eigenvalue weighted by Gasteiger charge is -2.29. The van der Waals surface area contributed by atoms with Gasteiger partial charge in [-0.05, 0) is 43.5 Å². The summed E-state index contributed by atoms with van der Waals surface area (Å²) in [4.78, 5) is 31.6. The number of hydrogen-bond donors (Lipinski definition) is 0. The van der Waals surface area contributed by atoms with E-state index in [-0.39, 0.29) is 18.0 Å². The van der Waals surface area contributed by atoms with Crippen LogP contribution in [-0.4, -0.2) is 22.0 Å². The fourth-order valence-corrected chi connectivity index (χ4v) is 3.41. The van der Waals surface area contributed by atoms with Crippen LogP contribution in [0.4, 0.5) is 5.69 Å². The average molecular weight is 333 g/mol. The molecule has 0 N–H and O–H groups in total. The maximum atomic E-state index is 12.8. The molecule has 3 aromatic rings. The summed E-state index contributed by atoms with van der Waals surface area (Å²) in [6.45, 7) is 2.63. The molecule has 5 nitrogen and oxygen atoms in total. The van der Waals surface area contributed by atoms with Crippen molar-refractivity contribution < 1.29 is 4.79 Å². The molecule has 5 heteroatoms. The third-order valence-electron chi connectivity index (χ3n) is 4.70. The minimum Gasteiger partial charge on any atom is -0.311 e. The molecule has 1 amide bonds. The van der Waals surface area contributed by atoms with E-state index < -0.39 is 0 Å². The van der Waals surface area contributed by atoms with E-state index in [1.165, 1.54) is 16.5 Å². The Balaban J connectivity index is 1.67. The number of aryl methyl sites for hydroxylation is 2. The number of carbonyl (C=O) groups excluding carboxylic acids is 1. The van der Waals surface area contributed by atoms with Crippen molar-refractivity contribution in [3.63, 3.8) is 0 Å². The van der Waals surface area contributed by atoms with E-state index >= 15 is 0 Å². The molecule has 0 atom stereocenters. The van der Waals surface area contributed by atoms with Crippen molar-refractivity contribution in [3.05, 3.63) is 70.3 Å². The lowest BCUT2D eigenvalue weighted by atomic mass is 10.0. The number of hydrogen-bond acceptors (Lipinski definition) is 3. The second kappa shape index (κ2) is 6.16. The van der Waals surface area contributed by atoms with Crippen molar-refractivity contribution in [3.8, 4) is 0 Å². The summed E-state index contributed by atoms with van der Waals surface area (Å²) in [6, 6.07) is 13.5. The first kappa shape index (κ1) is 15.6. The Bertz CT molecular complexity index is 1020. The van der Waals surface area contributed by atoms with Crippen LogP contribution < -0.4 is 10.5 Å². The topological polar surface area (TPSA) is 55.2 Å². The highest BCUT2D eigenvalue weighted by atomic mass is 16.2. The molecule has 0 aliphatic carbocycles. The highest BCUT2D eigenvalue weighted by molar-refractivity contribution is 5.94. The smallest absolute Gasteiger partial charge is 0.261 e. The van der Waals surface area contributed by atoms with Gasteiger partial charge in [0.2, 0.25) is 5.91 Å². The van der Waals surface area contributed by atoms with Gasteiger partial charge in [0.1, 0.15) is 6.54 Å². The first-order valence-corrected chi connectivity index (χ1v) is 8.47.